The van der Waals surface area contributed by atoms with E-state index >= 15 is 0 Å². The average molecular weight is 252 g/mol. The minimum absolute atomic E-state index is 0.0668. The first-order chi connectivity index (χ1) is 8.56. The van der Waals surface area contributed by atoms with Gasteiger partial charge in [0, 0.05) is 30.6 Å². The van der Waals surface area contributed by atoms with Crippen molar-refractivity contribution in [2.24, 2.45) is 5.73 Å². The number of hydrogen-bond donors (Lipinski definition) is 2. The molecule has 100 valence electrons. The second-order valence-corrected chi connectivity index (χ2v) is 4.14. The molecule has 0 aliphatic carbocycles. The summed E-state index contributed by atoms with van der Waals surface area (Å²) in [5.41, 5.74) is 6.45. The predicted octanol–water partition coefficient (Wildman–Crippen LogP) is 1.06. The van der Waals surface area contributed by atoms with Gasteiger partial charge in [0.05, 0.1) is 14.2 Å². The normalized spacial score (nSPS) is 11.8. The molecule has 18 heavy (non-hydrogen) atoms. The van der Waals surface area contributed by atoms with Crippen LogP contribution in [0.15, 0.2) is 18.2 Å². The molecule has 0 spiro atoms. The topological polar surface area (TPSA) is 73.6 Å². The van der Waals surface area contributed by atoms with E-state index in [0.717, 1.165) is 11.3 Å². The molecule has 0 fully saturated rings. The number of nitrogens with one attached hydrogen (secondary N) is 1. The first kappa shape index (κ1) is 14.3. The Kier molecular flexibility index (Phi) is 5.45. The van der Waals surface area contributed by atoms with Gasteiger partial charge >= 0.3 is 0 Å². The molecule has 0 saturated heterocycles. The minimum atomic E-state index is -0.136. The van der Waals surface area contributed by atoms with Crippen molar-refractivity contribution in [3.8, 4) is 11.5 Å². The number of ether oxygens (including phenoxy) is 2. The van der Waals surface area contributed by atoms with Crippen LogP contribution in [0, 0.1) is 0 Å². The van der Waals surface area contributed by atoms with Crippen molar-refractivity contribution >= 4 is 5.91 Å². The van der Waals surface area contributed by atoms with E-state index in [2.05, 4.69) is 5.32 Å². The molecular formula is C13H20N2O3. The van der Waals surface area contributed by atoms with E-state index in [1.54, 1.807) is 27.2 Å². The number of rotatable bonds is 6. The van der Waals surface area contributed by atoms with Crippen molar-refractivity contribution in [1.82, 2.24) is 5.32 Å². The number of nitrogens with two attached hydrogens (primary N) is 1. The van der Waals surface area contributed by atoms with Crippen molar-refractivity contribution in [3.05, 3.63) is 23.8 Å². The van der Waals surface area contributed by atoms with Gasteiger partial charge in [0.15, 0.2) is 0 Å². The summed E-state index contributed by atoms with van der Waals surface area (Å²) in [4.78, 5) is 11.5. The molecule has 1 aromatic carbocycles. The number of hydrogen-bond acceptors (Lipinski definition) is 4. The number of carbonyl (C=O) groups excluding carboxylic acids is 1. The average Bonchev–Trinajstić information content (AvgIpc) is 2.35. The van der Waals surface area contributed by atoms with Crippen molar-refractivity contribution < 1.29 is 14.3 Å². The van der Waals surface area contributed by atoms with Crippen LogP contribution in [0.25, 0.3) is 0 Å². The number of amides is 1. The molecule has 5 nitrogen and oxygen atoms in total. The zero-order valence-electron chi connectivity index (χ0n) is 11.0. The van der Waals surface area contributed by atoms with E-state index < -0.39 is 0 Å². The van der Waals surface area contributed by atoms with Gasteiger partial charge in [-0.3, -0.25) is 4.79 Å². The molecule has 5 heteroatoms. The van der Waals surface area contributed by atoms with E-state index in [4.69, 9.17) is 15.2 Å². The Morgan fingerprint density at radius 1 is 1.39 bits per heavy atom. The molecule has 0 aromatic heterocycles. The lowest BCUT2D eigenvalue weighted by Gasteiger charge is -2.12. The number of methoxy groups -OCH3 is 2. The Bertz CT molecular complexity index is 405. The maximum absolute atomic E-state index is 11.5. The van der Waals surface area contributed by atoms with Crippen molar-refractivity contribution in [2.75, 3.05) is 14.2 Å². The Morgan fingerprint density at radius 3 is 2.67 bits per heavy atom. The monoisotopic (exact) mass is 252 g/mol. The molecule has 0 heterocycles. The molecular weight excluding hydrogens is 232 g/mol. The highest BCUT2D eigenvalue weighted by Crippen LogP contribution is 2.24. The van der Waals surface area contributed by atoms with Gasteiger partial charge in [0.25, 0.3) is 0 Å². The van der Waals surface area contributed by atoms with Crippen LogP contribution < -0.4 is 20.5 Å². The fourth-order valence-corrected chi connectivity index (χ4v) is 1.56. The second-order valence-electron chi connectivity index (χ2n) is 4.14. The summed E-state index contributed by atoms with van der Waals surface area (Å²) >= 11 is 0. The summed E-state index contributed by atoms with van der Waals surface area (Å²) in [6.07, 6.45) is 0.318. The third-order valence-electron chi connectivity index (χ3n) is 2.48. The van der Waals surface area contributed by atoms with E-state index in [0.29, 0.717) is 18.7 Å². The highest BCUT2D eigenvalue weighted by atomic mass is 16.5. The molecule has 1 unspecified atom stereocenters. The van der Waals surface area contributed by atoms with E-state index in [1.807, 2.05) is 12.1 Å². The fraction of sp³-hybridized carbons (Fsp3) is 0.462. The van der Waals surface area contributed by atoms with E-state index in [9.17, 15) is 4.79 Å². The van der Waals surface area contributed by atoms with Crippen molar-refractivity contribution in [1.29, 1.82) is 0 Å². The molecule has 1 rings (SSSR count). The molecule has 3 N–H and O–H groups in total. The van der Waals surface area contributed by atoms with Gasteiger partial charge in [-0.15, -0.1) is 0 Å². The number of benzene rings is 1. The molecule has 0 aliphatic rings. The van der Waals surface area contributed by atoms with Crippen LogP contribution in [0.3, 0.4) is 0 Å². The molecule has 1 amide bonds. The van der Waals surface area contributed by atoms with Crippen LogP contribution in [-0.2, 0) is 11.3 Å². The van der Waals surface area contributed by atoms with Gasteiger partial charge in [0.2, 0.25) is 5.91 Å². The summed E-state index contributed by atoms with van der Waals surface area (Å²) in [7, 11) is 3.18. The zero-order chi connectivity index (χ0) is 13.5. The van der Waals surface area contributed by atoms with Crippen LogP contribution in [0.4, 0.5) is 0 Å². The summed E-state index contributed by atoms with van der Waals surface area (Å²) < 4.78 is 10.4. The maximum Gasteiger partial charge on any atom is 0.221 e. The summed E-state index contributed by atoms with van der Waals surface area (Å²) in [6, 6.07) is 5.34. The van der Waals surface area contributed by atoms with Crippen molar-refractivity contribution in [3.63, 3.8) is 0 Å². The largest absolute Gasteiger partial charge is 0.497 e. The van der Waals surface area contributed by atoms with Crippen LogP contribution in [-0.4, -0.2) is 26.2 Å². The van der Waals surface area contributed by atoms with E-state index in [1.165, 1.54) is 0 Å². The lowest BCUT2D eigenvalue weighted by molar-refractivity contribution is -0.121. The predicted molar refractivity (Wildman–Crippen MR) is 69.7 cm³/mol. The fourth-order valence-electron chi connectivity index (χ4n) is 1.56. The van der Waals surface area contributed by atoms with Gasteiger partial charge in [0.1, 0.15) is 11.5 Å². The van der Waals surface area contributed by atoms with Gasteiger partial charge < -0.3 is 20.5 Å². The molecule has 0 bridgehead atoms. The lowest BCUT2D eigenvalue weighted by atomic mass is 10.1. The maximum atomic E-state index is 11.5. The zero-order valence-corrected chi connectivity index (χ0v) is 11.0. The van der Waals surface area contributed by atoms with Gasteiger partial charge in [-0.2, -0.15) is 0 Å². The van der Waals surface area contributed by atoms with Crippen LogP contribution in [0.2, 0.25) is 0 Å². The SMILES string of the molecule is COc1ccc(CNC(=O)CC(C)N)c(OC)c1. The van der Waals surface area contributed by atoms with Crippen molar-refractivity contribution in [2.45, 2.75) is 25.9 Å². The first-order valence-electron chi connectivity index (χ1n) is 5.80. The third-order valence-corrected chi connectivity index (χ3v) is 2.48. The van der Waals surface area contributed by atoms with Crippen LogP contribution in [0.5, 0.6) is 11.5 Å². The Hall–Kier alpha value is -1.75. The van der Waals surface area contributed by atoms with Gasteiger partial charge in [-0.25, -0.2) is 0 Å². The minimum Gasteiger partial charge on any atom is -0.497 e. The first-order valence-corrected chi connectivity index (χ1v) is 5.80. The van der Waals surface area contributed by atoms with Crippen LogP contribution in [0.1, 0.15) is 18.9 Å². The second kappa shape index (κ2) is 6.86. The number of carbonyl (C=O) groups is 1. The molecule has 1 atom stereocenters. The van der Waals surface area contributed by atoms with E-state index in [-0.39, 0.29) is 11.9 Å². The molecule has 0 radical (unpaired) electrons. The highest BCUT2D eigenvalue weighted by molar-refractivity contribution is 5.76. The molecule has 1 aromatic rings. The van der Waals surface area contributed by atoms with Crippen LogP contribution >= 0.6 is 0 Å². The Balaban J connectivity index is 2.64. The quantitative estimate of drug-likeness (QED) is 0.794. The summed E-state index contributed by atoms with van der Waals surface area (Å²) in [5, 5.41) is 2.80. The highest BCUT2D eigenvalue weighted by Gasteiger charge is 2.08. The van der Waals surface area contributed by atoms with Gasteiger partial charge in [-0.1, -0.05) is 0 Å². The molecule has 0 saturated carbocycles. The smallest absolute Gasteiger partial charge is 0.221 e. The Labute approximate surface area is 107 Å². The van der Waals surface area contributed by atoms with Gasteiger partial charge in [-0.05, 0) is 19.1 Å². The summed E-state index contributed by atoms with van der Waals surface area (Å²) in [6.45, 7) is 2.21. The lowest BCUT2D eigenvalue weighted by Crippen LogP contribution is -2.29. The summed E-state index contributed by atoms with van der Waals surface area (Å²) in [5.74, 6) is 1.34. The Morgan fingerprint density at radius 2 is 2.11 bits per heavy atom. The standard InChI is InChI=1S/C13H20N2O3/c1-9(14)6-13(16)15-8-10-4-5-11(17-2)7-12(10)18-3/h4-5,7,9H,6,8,14H2,1-3H3,(H,15,16). The molecule has 0 aliphatic heterocycles. The third kappa shape index (κ3) is 4.25.